The zero-order chi connectivity index (χ0) is 19.5. The molecule has 0 heterocycles. The van der Waals surface area contributed by atoms with Gasteiger partial charge in [0, 0.05) is 0 Å². The van der Waals surface area contributed by atoms with Crippen LogP contribution in [0.3, 0.4) is 0 Å². The van der Waals surface area contributed by atoms with Crippen molar-refractivity contribution in [3.8, 4) is 5.75 Å². The van der Waals surface area contributed by atoms with E-state index in [1.165, 1.54) is 32.9 Å². The number of nitrogens with zero attached hydrogens (tertiary/aromatic N) is 2. The van der Waals surface area contributed by atoms with Gasteiger partial charge in [0.15, 0.2) is 0 Å². The number of ether oxygens (including phenoxy) is 1. The summed E-state index contributed by atoms with van der Waals surface area (Å²) >= 11 is 0. The average Bonchev–Trinajstić information content (AvgIpc) is 2.47. The van der Waals surface area contributed by atoms with Crippen LogP contribution in [0.2, 0.25) is 0 Å². The molecule has 0 unspecified atom stereocenters. The second-order valence-corrected chi connectivity index (χ2v) is 11.3. The van der Waals surface area contributed by atoms with E-state index in [4.69, 9.17) is 4.74 Å². The van der Waals surface area contributed by atoms with Crippen LogP contribution in [0.1, 0.15) is 46.1 Å². The summed E-state index contributed by atoms with van der Waals surface area (Å²) in [7, 11) is -8.99. The van der Waals surface area contributed by atoms with E-state index in [-0.39, 0.29) is 10.6 Å². The van der Waals surface area contributed by atoms with Gasteiger partial charge in [-0.3, -0.25) is 0 Å². The number of rotatable bonds is 5. The first-order valence-corrected chi connectivity index (χ1v) is 10.8. The van der Waals surface area contributed by atoms with E-state index in [1.54, 1.807) is 13.0 Å². The lowest BCUT2D eigenvalue weighted by molar-refractivity contribution is 0.00365. The Kier molecular flexibility index (Phi) is 6.55. The summed E-state index contributed by atoms with van der Waals surface area (Å²) in [5.74, 6) is 0.0318. The molecule has 0 saturated heterocycles. The maximum Gasteiger partial charge on any atom is 0.500 e. The van der Waals surface area contributed by atoms with Crippen LogP contribution < -0.4 is 4.74 Å². The molecule has 0 bridgehead atoms. The van der Waals surface area contributed by atoms with Gasteiger partial charge < -0.3 is 10.3 Å². The molecule has 7 nitrogen and oxygen atoms in total. The first-order valence-electron chi connectivity index (χ1n) is 7.84. The van der Waals surface area contributed by atoms with Gasteiger partial charge in [0.2, 0.25) is 0 Å². The molecule has 0 fully saturated rings. The third kappa shape index (κ3) is 4.48. The number of aryl methyl sites for hydroxylation is 1. The summed E-state index contributed by atoms with van der Waals surface area (Å²) in [5, 5.41) is 0. The van der Waals surface area contributed by atoms with Crippen LogP contribution in [0, 0.1) is 6.92 Å². The molecule has 0 aliphatic rings. The number of hydrogen-bond donors (Lipinski definition) is 0. The van der Waals surface area contributed by atoms with Crippen LogP contribution in [0.25, 0.3) is 5.53 Å². The van der Waals surface area contributed by atoms with Gasteiger partial charge in [-0.1, -0.05) is 19.4 Å². The van der Waals surface area contributed by atoms with Crippen molar-refractivity contribution in [3.63, 3.8) is 0 Å². The van der Waals surface area contributed by atoms with Crippen molar-refractivity contribution < 1.29 is 26.4 Å². The first-order chi connectivity index (χ1) is 11.4. The van der Waals surface area contributed by atoms with Gasteiger partial charge in [-0.05, 0) is 51.8 Å². The fourth-order valence-corrected chi connectivity index (χ4v) is 5.71. The van der Waals surface area contributed by atoms with Crippen molar-refractivity contribution in [1.82, 2.24) is 0 Å². The molecule has 0 saturated carbocycles. The summed E-state index contributed by atoms with van der Waals surface area (Å²) in [6.07, 6.45) is 1.57. The van der Waals surface area contributed by atoms with E-state index in [1.807, 2.05) is 6.92 Å². The minimum Gasteiger partial charge on any atom is -0.492 e. The maximum absolute atomic E-state index is 12.9. The molecule has 0 radical (unpaired) electrons. The van der Waals surface area contributed by atoms with Gasteiger partial charge in [-0.15, -0.1) is 4.79 Å². The predicted octanol–water partition coefficient (Wildman–Crippen LogP) is 2.75. The molecule has 140 valence electrons. The standard InChI is InChI=1S/C16H24N2O5S2/c1-6-7-10-23-13-9-8-12(2)11-14(13)24(19,20)15(18-17)25(21,22)16(3,4)5/h8-9,11H,6-7,10H2,1-5H3. The second kappa shape index (κ2) is 7.68. The van der Waals surface area contributed by atoms with E-state index >= 15 is 0 Å². The molecule has 0 aliphatic carbocycles. The number of sulfone groups is 2. The first kappa shape index (κ1) is 21.3. The van der Waals surface area contributed by atoms with Crippen molar-refractivity contribution in [1.29, 1.82) is 0 Å². The Balaban J connectivity index is 3.58. The van der Waals surface area contributed by atoms with Crippen molar-refractivity contribution in [2.45, 2.75) is 57.1 Å². The monoisotopic (exact) mass is 388 g/mol. The van der Waals surface area contributed by atoms with Gasteiger partial charge in [-0.2, -0.15) is 0 Å². The Labute approximate surface area is 149 Å². The van der Waals surface area contributed by atoms with Gasteiger partial charge in [0.1, 0.15) is 10.6 Å². The largest absolute Gasteiger partial charge is 0.500 e. The minimum absolute atomic E-state index is 0.0318. The van der Waals surface area contributed by atoms with Gasteiger partial charge >= 0.3 is 4.38 Å². The molecule has 25 heavy (non-hydrogen) atoms. The lowest BCUT2D eigenvalue weighted by Crippen LogP contribution is -2.39. The third-order valence-corrected chi connectivity index (χ3v) is 8.40. The highest BCUT2D eigenvalue weighted by Gasteiger charge is 2.50. The number of unbranched alkanes of at least 4 members (excludes halogenated alkanes) is 1. The Morgan fingerprint density at radius 2 is 1.80 bits per heavy atom. The highest BCUT2D eigenvalue weighted by atomic mass is 32.3. The number of benzene rings is 1. The lowest BCUT2D eigenvalue weighted by atomic mass is 10.2. The Morgan fingerprint density at radius 3 is 2.28 bits per heavy atom. The quantitative estimate of drug-likeness (QED) is 0.253. The molecule has 0 aliphatic heterocycles. The highest BCUT2D eigenvalue weighted by molar-refractivity contribution is 8.31. The fourth-order valence-electron chi connectivity index (χ4n) is 1.88. The van der Waals surface area contributed by atoms with E-state index in [0.29, 0.717) is 18.6 Å². The molecule has 0 amide bonds. The molecule has 1 aromatic carbocycles. The van der Waals surface area contributed by atoms with Crippen molar-refractivity contribution in [2.75, 3.05) is 6.61 Å². The Hall–Kier alpha value is -1.70. The molecule has 0 aromatic heterocycles. The predicted molar refractivity (Wildman–Crippen MR) is 96.1 cm³/mol. The normalized spacial score (nSPS) is 12.5. The van der Waals surface area contributed by atoms with E-state index in [2.05, 4.69) is 4.79 Å². The smallest absolute Gasteiger partial charge is 0.492 e. The molecular formula is C16H24N2O5S2. The molecule has 0 N–H and O–H groups in total. The van der Waals surface area contributed by atoms with Crippen LogP contribution in [0.5, 0.6) is 5.75 Å². The summed E-state index contributed by atoms with van der Waals surface area (Å²) in [6.45, 7) is 7.92. The fraction of sp³-hybridized carbons (Fsp3) is 0.562. The van der Waals surface area contributed by atoms with Crippen LogP contribution in [0.15, 0.2) is 23.1 Å². The van der Waals surface area contributed by atoms with Gasteiger partial charge in [0.25, 0.3) is 19.7 Å². The van der Waals surface area contributed by atoms with E-state index in [0.717, 1.165) is 6.42 Å². The third-order valence-electron chi connectivity index (χ3n) is 3.49. The van der Waals surface area contributed by atoms with Crippen LogP contribution in [-0.4, -0.2) is 37.4 Å². The van der Waals surface area contributed by atoms with Crippen molar-refractivity contribution in [2.24, 2.45) is 0 Å². The van der Waals surface area contributed by atoms with Crippen LogP contribution in [0.4, 0.5) is 0 Å². The molecule has 9 heteroatoms. The average molecular weight is 389 g/mol. The molecule has 1 aromatic rings. The van der Waals surface area contributed by atoms with E-state index < -0.39 is 28.8 Å². The minimum atomic E-state index is -4.60. The van der Waals surface area contributed by atoms with Crippen molar-refractivity contribution >= 4 is 24.1 Å². The summed E-state index contributed by atoms with van der Waals surface area (Å²) in [4.78, 5) is 2.30. The Bertz CT molecular complexity index is 891. The molecule has 0 atom stereocenters. The summed E-state index contributed by atoms with van der Waals surface area (Å²) in [5.41, 5.74) is 9.79. The molecular weight excluding hydrogens is 364 g/mol. The second-order valence-electron chi connectivity index (χ2n) is 6.64. The summed E-state index contributed by atoms with van der Waals surface area (Å²) < 4.78 is 53.7. The lowest BCUT2D eigenvalue weighted by Gasteiger charge is -2.16. The SMILES string of the molecule is CCCCOc1ccc(C)cc1S(=O)(=O)C(=[N+]=[N-])S(=O)(=O)C(C)(C)C. The van der Waals surface area contributed by atoms with Crippen LogP contribution >= 0.6 is 0 Å². The topological polar surface area (TPSA) is 114 Å². The Morgan fingerprint density at radius 1 is 1.20 bits per heavy atom. The van der Waals surface area contributed by atoms with Crippen LogP contribution in [-0.2, 0) is 19.7 Å². The summed E-state index contributed by atoms with van der Waals surface area (Å²) in [6, 6.07) is 4.44. The van der Waals surface area contributed by atoms with Gasteiger partial charge in [-0.25, -0.2) is 16.8 Å². The zero-order valence-corrected chi connectivity index (χ0v) is 16.7. The highest BCUT2D eigenvalue weighted by Crippen LogP contribution is 2.30. The zero-order valence-electron chi connectivity index (χ0n) is 15.1. The van der Waals surface area contributed by atoms with E-state index in [9.17, 15) is 22.4 Å². The van der Waals surface area contributed by atoms with Gasteiger partial charge in [0.05, 0.1) is 11.4 Å². The number of hydrogen-bond acceptors (Lipinski definition) is 5. The molecule has 1 rings (SSSR count). The maximum atomic E-state index is 12.9. The van der Waals surface area contributed by atoms with Crippen molar-refractivity contribution in [3.05, 3.63) is 29.3 Å². The molecule has 0 spiro atoms.